The molecule has 0 saturated heterocycles. The highest BCUT2D eigenvalue weighted by Gasteiger charge is 2.11. The molecule has 1 rings (SSSR count). The molecule has 0 aromatic heterocycles. The summed E-state index contributed by atoms with van der Waals surface area (Å²) in [6.45, 7) is 2.67. The number of aliphatic hydroxyl groups is 2. The van der Waals surface area contributed by atoms with Gasteiger partial charge in [-0.3, -0.25) is 0 Å². The van der Waals surface area contributed by atoms with Crippen LogP contribution in [0, 0.1) is 0 Å². The van der Waals surface area contributed by atoms with Crippen molar-refractivity contribution >= 4 is 0 Å². The van der Waals surface area contributed by atoms with Crippen LogP contribution in [0.25, 0.3) is 0 Å². The summed E-state index contributed by atoms with van der Waals surface area (Å²) in [6.07, 6.45) is 1.10. The largest absolute Gasteiger partial charge is 0.396 e. The molecule has 16 heavy (non-hydrogen) atoms. The van der Waals surface area contributed by atoms with Gasteiger partial charge in [0.2, 0.25) is 0 Å². The fourth-order valence-corrected chi connectivity index (χ4v) is 1.62. The summed E-state index contributed by atoms with van der Waals surface area (Å²) in [6, 6.07) is 10.1. The zero-order valence-corrected chi connectivity index (χ0v) is 9.76. The third-order valence-electron chi connectivity index (χ3n) is 2.69. The van der Waals surface area contributed by atoms with Crippen LogP contribution in [-0.4, -0.2) is 29.5 Å². The molecule has 3 nitrogen and oxygen atoms in total. The molecule has 0 fully saturated rings. The Balaban J connectivity index is 2.54. The molecule has 0 bridgehead atoms. The summed E-state index contributed by atoms with van der Waals surface area (Å²) in [5, 5.41) is 21.8. The number of nitrogens with one attached hydrogen (secondary N) is 1. The molecule has 0 heterocycles. The Morgan fingerprint density at radius 2 is 1.94 bits per heavy atom. The van der Waals surface area contributed by atoms with Gasteiger partial charge in [0.05, 0.1) is 6.10 Å². The maximum absolute atomic E-state index is 9.50. The van der Waals surface area contributed by atoms with Crippen LogP contribution in [0.3, 0.4) is 0 Å². The molecule has 90 valence electrons. The van der Waals surface area contributed by atoms with Gasteiger partial charge in [-0.15, -0.1) is 0 Å². The van der Waals surface area contributed by atoms with Crippen molar-refractivity contribution in [2.24, 2.45) is 0 Å². The second-order valence-corrected chi connectivity index (χ2v) is 3.95. The number of aliphatic hydroxyl groups excluding tert-OH is 2. The summed E-state index contributed by atoms with van der Waals surface area (Å²) in [7, 11) is 0. The highest BCUT2D eigenvalue weighted by Crippen LogP contribution is 2.15. The van der Waals surface area contributed by atoms with E-state index in [1.807, 2.05) is 37.3 Å². The molecule has 1 aromatic carbocycles. The summed E-state index contributed by atoms with van der Waals surface area (Å²) >= 11 is 0. The molecule has 0 saturated carbocycles. The zero-order valence-electron chi connectivity index (χ0n) is 9.76. The Kier molecular flexibility index (Phi) is 6.08. The molecule has 2 atom stereocenters. The van der Waals surface area contributed by atoms with Crippen LogP contribution in [0.15, 0.2) is 30.3 Å². The minimum atomic E-state index is -0.315. The SMILES string of the molecule is CC[C@@H](O)CNC(CCO)c1ccccc1. The van der Waals surface area contributed by atoms with Gasteiger partial charge in [-0.2, -0.15) is 0 Å². The fourth-order valence-electron chi connectivity index (χ4n) is 1.62. The van der Waals surface area contributed by atoms with Crippen molar-refractivity contribution < 1.29 is 10.2 Å². The van der Waals surface area contributed by atoms with E-state index >= 15 is 0 Å². The van der Waals surface area contributed by atoms with E-state index in [1.54, 1.807) is 0 Å². The van der Waals surface area contributed by atoms with E-state index in [0.29, 0.717) is 13.0 Å². The molecule has 1 aromatic rings. The second kappa shape index (κ2) is 7.39. The summed E-state index contributed by atoms with van der Waals surface area (Å²) in [4.78, 5) is 0. The summed E-state index contributed by atoms with van der Waals surface area (Å²) in [5.74, 6) is 0. The van der Waals surface area contributed by atoms with Crippen LogP contribution >= 0.6 is 0 Å². The Hall–Kier alpha value is -0.900. The van der Waals surface area contributed by atoms with E-state index in [9.17, 15) is 5.11 Å². The van der Waals surface area contributed by atoms with Crippen molar-refractivity contribution in [1.29, 1.82) is 0 Å². The van der Waals surface area contributed by atoms with Crippen LogP contribution in [-0.2, 0) is 0 Å². The first-order chi connectivity index (χ1) is 7.77. The van der Waals surface area contributed by atoms with E-state index < -0.39 is 0 Å². The van der Waals surface area contributed by atoms with Crippen molar-refractivity contribution in [3.8, 4) is 0 Å². The van der Waals surface area contributed by atoms with Gasteiger partial charge in [0.1, 0.15) is 0 Å². The predicted molar refractivity (Wildman–Crippen MR) is 65.2 cm³/mol. The number of hydrogen-bond donors (Lipinski definition) is 3. The molecule has 0 aliphatic rings. The van der Waals surface area contributed by atoms with Gasteiger partial charge in [-0.25, -0.2) is 0 Å². The summed E-state index contributed by atoms with van der Waals surface area (Å²) < 4.78 is 0. The molecule has 1 unspecified atom stereocenters. The minimum absolute atomic E-state index is 0.118. The van der Waals surface area contributed by atoms with Crippen LogP contribution in [0.4, 0.5) is 0 Å². The smallest absolute Gasteiger partial charge is 0.0662 e. The Labute approximate surface area is 97.1 Å². The molecule has 0 radical (unpaired) electrons. The second-order valence-electron chi connectivity index (χ2n) is 3.95. The van der Waals surface area contributed by atoms with Crippen molar-refractivity contribution in [2.75, 3.05) is 13.2 Å². The first-order valence-electron chi connectivity index (χ1n) is 5.85. The van der Waals surface area contributed by atoms with Crippen LogP contribution < -0.4 is 5.32 Å². The van der Waals surface area contributed by atoms with Gasteiger partial charge in [0, 0.05) is 19.2 Å². The Bertz CT molecular complexity index is 277. The monoisotopic (exact) mass is 223 g/mol. The van der Waals surface area contributed by atoms with Crippen molar-refractivity contribution in [1.82, 2.24) is 5.32 Å². The van der Waals surface area contributed by atoms with E-state index in [0.717, 1.165) is 12.0 Å². The molecule has 0 aliphatic carbocycles. The van der Waals surface area contributed by atoms with Gasteiger partial charge < -0.3 is 15.5 Å². The topological polar surface area (TPSA) is 52.5 Å². The number of rotatable bonds is 7. The first-order valence-corrected chi connectivity index (χ1v) is 5.85. The normalized spacial score (nSPS) is 14.7. The minimum Gasteiger partial charge on any atom is -0.396 e. The number of benzene rings is 1. The quantitative estimate of drug-likeness (QED) is 0.656. The third-order valence-corrected chi connectivity index (χ3v) is 2.69. The third kappa shape index (κ3) is 4.31. The maximum Gasteiger partial charge on any atom is 0.0662 e. The number of hydrogen-bond acceptors (Lipinski definition) is 3. The fraction of sp³-hybridized carbons (Fsp3) is 0.538. The lowest BCUT2D eigenvalue weighted by Crippen LogP contribution is -2.30. The van der Waals surface area contributed by atoms with Gasteiger partial charge in [-0.1, -0.05) is 37.3 Å². The lowest BCUT2D eigenvalue weighted by Gasteiger charge is -2.20. The van der Waals surface area contributed by atoms with Crippen LogP contribution in [0.2, 0.25) is 0 Å². The van der Waals surface area contributed by atoms with Gasteiger partial charge in [-0.05, 0) is 18.4 Å². The Morgan fingerprint density at radius 1 is 1.25 bits per heavy atom. The van der Waals surface area contributed by atoms with E-state index in [2.05, 4.69) is 5.32 Å². The lowest BCUT2D eigenvalue weighted by molar-refractivity contribution is 0.159. The molecule has 3 heteroatoms. The zero-order chi connectivity index (χ0) is 11.8. The van der Waals surface area contributed by atoms with E-state index in [4.69, 9.17) is 5.11 Å². The average Bonchev–Trinajstić information content (AvgIpc) is 2.35. The average molecular weight is 223 g/mol. The summed E-state index contributed by atoms with van der Waals surface area (Å²) in [5.41, 5.74) is 1.15. The maximum atomic E-state index is 9.50. The van der Waals surface area contributed by atoms with Crippen LogP contribution in [0.1, 0.15) is 31.4 Å². The molecular formula is C13H21NO2. The van der Waals surface area contributed by atoms with Gasteiger partial charge in [0.15, 0.2) is 0 Å². The standard InChI is InChI=1S/C13H21NO2/c1-2-12(16)10-14-13(8-9-15)11-6-4-3-5-7-11/h3-7,12-16H,2,8-10H2,1H3/t12-,13?/m1/s1. The highest BCUT2D eigenvalue weighted by molar-refractivity contribution is 5.18. The van der Waals surface area contributed by atoms with Crippen molar-refractivity contribution in [3.63, 3.8) is 0 Å². The van der Waals surface area contributed by atoms with Gasteiger partial charge >= 0.3 is 0 Å². The van der Waals surface area contributed by atoms with E-state index in [1.165, 1.54) is 0 Å². The molecular weight excluding hydrogens is 202 g/mol. The predicted octanol–water partition coefficient (Wildman–Crippen LogP) is 1.47. The highest BCUT2D eigenvalue weighted by atomic mass is 16.3. The molecule has 0 amide bonds. The lowest BCUT2D eigenvalue weighted by atomic mass is 10.0. The van der Waals surface area contributed by atoms with Gasteiger partial charge in [0.25, 0.3) is 0 Å². The molecule has 0 aliphatic heterocycles. The van der Waals surface area contributed by atoms with E-state index in [-0.39, 0.29) is 18.8 Å². The van der Waals surface area contributed by atoms with Crippen molar-refractivity contribution in [2.45, 2.75) is 31.9 Å². The molecule has 0 spiro atoms. The first kappa shape index (κ1) is 13.2. The van der Waals surface area contributed by atoms with Crippen LogP contribution in [0.5, 0.6) is 0 Å². The Morgan fingerprint density at radius 3 is 2.50 bits per heavy atom. The van der Waals surface area contributed by atoms with Crippen molar-refractivity contribution in [3.05, 3.63) is 35.9 Å². The molecule has 3 N–H and O–H groups in total.